The van der Waals surface area contributed by atoms with Crippen molar-refractivity contribution in [3.63, 3.8) is 0 Å². The average molecular weight is 790 g/mol. The molecule has 1 fully saturated rings. The molecule has 3 N–H and O–H groups in total. The predicted octanol–water partition coefficient (Wildman–Crippen LogP) is 2.33. The van der Waals surface area contributed by atoms with Crippen molar-refractivity contribution in [2.24, 2.45) is 0 Å². The molecule has 3 aromatic carbocycles. The summed E-state index contributed by atoms with van der Waals surface area (Å²) in [7, 11) is -2.30. The van der Waals surface area contributed by atoms with Crippen LogP contribution in [0.15, 0.2) is 54.6 Å². The Balaban J connectivity index is 1.12. The molecule has 0 aromatic heterocycles. The minimum absolute atomic E-state index is 0.00977. The molecule has 0 saturated carbocycles. The lowest BCUT2D eigenvalue weighted by atomic mass is 10.0. The average Bonchev–Trinajstić information content (AvgIpc) is 3.56. The molecule has 18 heteroatoms. The molecule has 294 valence electrons. The van der Waals surface area contributed by atoms with E-state index in [1.807, 2.05) is 0 Å². The molecule has 2 unspecified atom stereocenters. The zero-order chi connectivity index (χ0) is 40.5. The van der Waals surface area contributed by atoms with E-state index in [0.717, 1.165) is 16.1 Å². The summed E-state index contributed by atoms with van der Waals surface area (Å²) < 4.78 is 41.9. The maximum absolute atomic E-state index is 14.0. The van der Waals surface area contributed by atoms with E-state index < -0.39 is 75.1 Å². The highest BCUT2D eigenvalue weighted by molar-refractivity contribution is 7.90. The van der Waals surface area contributed by atoms with Gasteiger partial charge in [-0.3, -0.25) is 48.7 Å². The van der Waals surface area contributed by atoms with Gasteiger partial charge in [0.05, 0.1) is 60.1 Å². The molecule has 0 aliphatic carbocycles. The SMILES string of the molecule is CCOc1cc([C@@H](CS(C)(=O)=O)N2C(=O)c3cccc(NC(=O)C(C)OCCNc4cccc5c4C(=O)N(C4CCC(=O)NC4=O)C5=O)c3C2=O)ccc1OC. The molecule has 3 heterocycles. The Morgan fingerprint density at radius 3 is 2.25 bits per heavy atom. The van der Waals surface area contributed by atoms with Crippen molar-refractivity contribution in [3.8, 4) is 11.5 Å². The molecular weight excluding hydrogens is 751 g/mol. The molecule has 56 heavy (non-hydrogen) atoms. The number of carbonyl (C=O) groups excluding carboxylic acids is 7. The van der Waals surface area contributed by atoms with E-state index >= 15 is 0 Å². The highest BCUT2D eigenvalue weighted by Crippen LogP contribution is 2.39. The number of fused-ring (bicyclic) bond motifs is 2. The summed E-state index contributed by atoms with van der Waals surface area (Å²) in [6.45, 7) is 3.55. The molecule has 17 nitrogen and oxygen atoms in total. The van der Waals surface area contributed by atoms with Gasteiger partial charge in [0, 0.05) is 24.9 Å². The largest absolute Gasteiger partial charge is 0.493 e. The molecule has 1 saturated heterocycles. The summed E-state index contributed by atoms with van der Waals surface area (Å²) in [6, 6.07) is 11.2. The number of carbonyl (C=O) groups is 7. The number of piperidine rings is 1. The van der Waals surface area contributed by atoms with E-state index in [0.29, 0.717) is 22.7 Å². The lowest BCUT2D eigenvalue weighted by Crippen LogP contribution is -2.54. The molecule has 3 aliphatic heterocycles. The number of anilines is 2. The summed E-state index contributed by atoms with van der Waals surface area (Å²) >= 11 is 0. The van der Waals surface area contributed by atoms with Crippen molar-refractivity contribution in [1.82, 2.24) is 15.1 Å². The fourth-order valence-electron chi connectivity index (χ4n) is 6.86. The third-order valence-electron chi connectivity index (χ3n) is 9.47. The molecule has 6 rings (SSSR count). The van der Waals surface area contributed by atoms with E-state index in [-0.39, 0.29) is 60.5 Å². The first-order valence-corrected chi connectivity index (χ1v) is 19.7. The fourth-order valence-corrected chi connectivity index (χ4v) is 7.77. The lowest BCUT2D eigenvalue weighted by molar-refractivity contribution is -0.136. The van der Waals surface area contributed by atoms with Crippen LogP contribution in [0.4, 0.5) is 11.4 Å². The van der Waals surface area contributed by atoms with Crippen molar-refractivity contribution in [1.29, 1.82) is 0 Å². The second-order valence-electron chi connectivity index (χ2n) is 13.3. The Hall–Kier alpha value is -6.14. The molecule has 3 atom stereocenters. The Morgan fingerprint density at radius 2 is 1.59 bits per heavy atom. The van der Waals surface area contributed by atoms with Gasteiger partial charge in [-0.25, -0.2) is 8.42 Å². The number of nitrogens with one attached hydrogen (secondary N) is 3. The van der Waals surface area contributed by atoms with Gasteiger partial charge in [-0.15, -0.1) is 0 Å². The first kappa shape index (κ1) is 39.6. The van der Waals surface area contributed by atoms with Crippen molar-refractivity contribution >= 4 is 62.6 Å². The first-order chi connectivity index (χ1) is 26.6. The Kier molecular flexibility index (Phi) is 11.2. The predicted molar refractivity (Wildman–Crippen MR) is 199 cm³/mol. The van der Waals surface area contributed by atoms with Gasteiger partial charge in [0.25, 0.3) is 29.5 Å². The van der Waals surface area contributed by atoms with Crippen molar-refractivity contribution in [3.05, 3.63) is 82.4 Å². The van der Waals surface area contributed by atoms with Gasteiger partial charge >= 0.3 is 0 Å². The van der Waals surface area contributed by atoms with Crippen molar-refractivity contribution in [2.75, 3.05) is 49.5 Å². The summed E-state index contributed by atoms with van der Waals surface area (Å²) in [5, 5.41) is 7.84. The molecule has 3 aromatic rings. The first-order valence-electron chi connectivity index (χ1n) is 17.6. The summed E-state index contributed by atoms with van der Waals surface area (Å²) in [5.41, 5.74) is 0.679. The molecule has 0 spiro atoms. The maximum Gasteiger partial charge on any atom is 0.264 e. The second kappa shape index (κ2) is 15.9. The number of imide groups is 3. The molecular formula is C38H39N5O12S. The van der Waals surface area contributed by atoms with Gasteiger partial charge in [-0.2, -0.15) is 0 Å². The van der Waals surface area contributed by atoms with Crippen molar-refractivity contribution < 1.29 is 56.2 Å². The van der Waals surface area contributed by atoms with Crippen LogP contribution >= 0.6 is 0 Å². The molecule has 0 bridgehead atoms. The lowest BCUT2D eigenvalue weighted by Gasteiger charge is -2.27. The van der Waals surface area contributed by atoms with Crippen LogP contribution in [-0.2, 0) is 29.0 Å². The molecule has 0 radical (unpaired) electrons. The number of hydrogen-bond acceptors (Lipinski definition) is 13. The van der Waals surface area contributed by atoms with E-state index in [2.05, 4.69) is 16.0 Å². The topological polar surface area (TPSA) is 224 Å². The van der Waals surface area contributed by atoms with Crippen LogP contribution in [0, 0.1) is 0 Å². The highest BCUT2D eigenvalue weighted by atomic mass is 32.2. The van der Waals surface area contributed by atoms with Crippen LogP contribution < -0.4 is 25.4 Å². The Labute approximate surface area is 321 Å². The Bertz CT molecular complexity index is 2280. The zero-order valence-electron chi connectivity index (χ0n) is 30.9. The number of amides is 7. The van der Waals surface area contributed by atoms with Gasteiger partial charge in [0.1, 0.15) is 22.0 Å². The van der Waals surface area contributed by atoms with Crippen LogP contribution in [0.5, 0.6) is 11.5 Å². The van der Waals surface area contributed by atoms with E-state index in [9.17, 15) is 42.0 Å². The van der Waals surface area contributed by atoms with Crippen LogP contribution in [-0.4, -0.2) is 111 Å². The van der Waals surface area contributed by atoms with Crippen LogP contribution in [0.25, 0.3) is 0 Å². The van der Waals surface area contributed by atoms with Gasteiger partial charge in [-0.05, 0) is 62.2 Å². The van der Waals surface area contributed by atoms with E-state index in [4.69, 9.17) is 14.2 Å². The van der Waals surface area contributed by atoms with Gasteiger partial charge in [0.2, 0.25) is 11.8 Å². The number of ether oxygens (including phenoxy) is 3. The van der Waals surface area contributed by atoms with E-state index in [1.54, 1.807) is 31.2 Å². The number of nitrogens with zero attached hydrogens (tertiary/aromatic N) is 2. The van der Waals surface area contributed by atoms with Crippen molar-refractivity contribution in [2.45, 2.75) is 44.9 Å². The summed E-state index contributed by atoms with van der Waals surface area (Å²) in [4.78, 5) is 93.4. The monoisotopic (exact) mass is 789 g/mol. The third-order valence-corrected chi connectivity index (χ3v) is 10.4. The third kappa shape index (κ3) is 7.70. The Morgan fingerprint density at radius 1 is 0.911 bits per heavy atom. The van der Waals surface area contributed by atoms with Gasteiger partial charge in [0.15, 0.2) is 11.5 Å². The summed E-state index contributed by atoms with van der Waals surface area (Å²) in [6.07, 6.45) is -0.0647. The number of benzene rings is 3. The number of methoxy groups -OCH3 is 1. The van der Waals surface area contributed by atoms with Crippen LogP contribution in [0.3, 0.4) is 0 Å². The second-order valence-corrected chi connectivity index (χ2v) is 15.4. The molecule has 7 amide bonds. The standard InChI is InChI=1S/C38H39N5O12S/c1-5-54-29-18-21(12-14-28(29)53-3)27(19-56(4,51)52)43-36(48)23-9-7-11-25(32(23)38(43)50)40-33(45)20(2)55-17-16-39-24-10-6-8-22-31(24)37(49)42(35(22)47)26-13-15-30(44)41-34(26)46/h6-12,14,18,20,26-27,39H,5,13,15-17,19H2,1-4H3,(H,40,45)(H,41,44,46)/t20?,26?,27-/m1/s1. The smallest absolute Gasteiger partial charge is 0.264 e. The normalized spacial score (nSPS) is 17.7. The maximum atomic E-state index is 14.0. The van der Waals surface area contributed by atoms with Crippen LogP contribution in [0.2, 0.25) is 0 Å². The molecule has 3 aliphatic rings. The number of rotatable bonds is 15. The number of hydrogen-bond donors (Lipinski definition) is 3. The van der Waals surface area contributed by atoms with E-state index in [1.165, 1.54) is 44.4 Å². The highest BCUT2D eigenvalue weighted by Gasteiger charge is 2.46. The minimum atomic E-state index is -3.74. The minimum Gasteiger partial charge on any atom is -0.493 e. The van der Waals surface area contributed by atoms with Gasteiger partial charge < -0.3 is 24.8 Å². The summed E-state index contributed by atoms with van der Waals surface area (Å²) in [5.74, 6) is -4.63. The quantitative estimate of drug-likeness (QED) is 0.149. The zero-order valence-corrected chi connectivity index (χ0v) is 31.7. The fraction of sp³-hybridized carbons (Fsp3) is 0.342. The number of sulfone groups is 1. The van der Waals surface area contributed by atoms with Crippen LogP contribution in [0.1, 0.15) is 79.7 Å². The van der Waals surface area contributed by atoms with Gasteiger partial charge in [-0.1, -0.05) is 18.2 Å².